The first-order chi connectivity index (χ1) is 10.2. The number of hydrogen-bond acceptors (Lipinski definition) is 2. The molecule has 0 amide bonds. The van der Waals surface area contributed by atoms with Crippen molar-refractivity contribution in [3.8, 4) is 0 Å². The predicted molar refractivity (Wildman–Crippen MR) is 94.1 cm³/mol. The van der Waals surface area contributed by atoms with Gasteiger partial charge in [-0.25, -0.2) is 0 Å². The standard InChI is InChI=1S/C19H27NS/c1-14(2)20-12-16(15-7-3-4-8-15)11-17-13-21-19-10-6-5-9-18(17)19/h5-6,9-10,13-16,20H,3-4,7-8,11-12H2,1-2H3. The lowest BCUT2D eigenvalue weighted by molar-refractivity contribution is 0.313. The molecule has 1 aliphatic rings. The number of fused-ring (bicyclic) bond motifs is 1. The van der Waals surface area contributed by atoms with Crippen molar-refractivity contribution in [2.24, 2.45) is 11.8 Å². The average molecular weight is 301 g/mol. The van der Waals surface area contributed by atoms with Crippen LogP contribution < -0.4 is 5.32 Å². The van der Waals surface area contributed by atoms with Gasteiger partial charge in [0.1, 0.15) is 0 Å². The lowest BCUT2D eigenvalue weighted by Crippen LogP contribution is -2.33. The van der Waals surface area contributed by atoms with Gasteiger partial charge in [0.25, 0.3) is 0 Å². The molecular weight excluding hydrogens is 274 g/mol. The van der Waals surface area contributed by atoms with E-state index in [1.807, 2.05) is 11.3 Å². The first-order valence-corrected chi connectivity index (χ1v) is 9.30. The molecule has 1 heterocycles. The molecule has 2 aromatic rings. The number of thiophene rings is 1. The van der Waals surface area contributed by atoms with Gasteiger partial charge in [-0.15, -0.1) is 11.3 Å². The van der Waals surface area contributed by atoms with Gasteiger partial charge in [-0.3, -0.25) is 0 Å². The van der Waals surface area contributed by atoms with Gasteiger partial charge in [0, 0.05) is 10.7 Å². The molecule has 1 atom stereocenters. The highest BCUT2D eigenvalue weighted by atomic mass is 32.1. The van der Waals surface area contributed by atoms with Crippen molar-refractivity contribution in [1.29, 1.82) is 0 Å². The van der Waals surface area contributed by atoms with Crippen molar-refractivity contribution in [3.63, 3.8) is 0 Å². The third kappa shape index (κ3) is 3.67. The molecule has 0 radical (unpaired) electrons. The Hall–Kier alpha value is -0.860. The third-order valence-corrected chi connectivity index (χ3v) is 5.91. The van der Waals surface area contributed by atoms with E-state index in [1.165, 1.54) is 48.7 Å². The molecule has 1 unspecified atom stereocenters. The van der Waals surface area contributed by atoms with Crippen LogP contribution in [0.3, 0.4) is 0 Å². The summed E-state index contributed by atoms with van der Waals surface area (Å²) in [5, 5.41) is 7.56. The van der Waals surface area contributed by atoms with Crippen LogP contribution in [0.2, 0.25) is 0 Å². The number of nitrogens with one attached hydrogen (secondary N) is 1. The number of benzene rings is 1. The van der Waals surface area contributed by atoms with E-state index in [-0.39, 0.29) is 0 Å². The van der Waals surface area contributed by atoms with E-state index >= 15 is 0 Å². The Balaban J connectivity index is 1.76. The maximum atomic E-state index is 3.69. The van der Waals surface area contributed by atoms with Crippen LogP contribution in [0.5, 0.6) is 0 Å². The first-order valence-electron chi connectivity index (χ1n) is 8.42. The summed E-state index contributed by atoms with van der Waals surface area (Å²) >= 11 is 1.90. The maximum absolute atomic E-state index is 3.69. The SMILES string of the molecule is CC(C)NCC(Cc1csc2ccccc12)C1CCCC1. The summed E-state index contributed by atoms with van der Waals surface area (Å²) in [5.41, 5.74) is 1.57. The van der Waals surface area contributed by atoms with Gasteiger partial charge < -0.3 is 5.32 Å². The molecular formula is C19H27NS. The summed E-state index contributed by atoms with van der Waals surface area (Å²) in [7, 11) is 0. The van der Waals surface area contributed by atoms with Crippen molar-refractivity contribution in [3.05, 3.63) is 35.2 Å². The van der Waals surface area contributed by atoms with Crippen LogP contribution in [0.4, 0.5) is 0 Å². The Bertz CT molecular complexity index is 566. The minimum absolute atomic E-state index is 0.591. The monoisotopic (exact) mass is 301 g/mol. The normalized spacial score (nSPS) is 17.9. The van der Waals surface area contributed by atoms with Crippen LogP contribution >= 0.6 is 11.3 Å². The highest BCUT2D eigenvalue weighted by Gasteiger charge is 2.25. The van der Waals surface area contributed by atoms with E-state index in [0.717, 1.165) is 11.8 Å². The Morgan fingerprint density at radius 3 is 2.71 bits per heavy atom. The molecule has 1 fully saturated rings. The Morgan fingerprint density at radius 1 is 1.19 bits per heavy atom. The van der Waals surface area contributed by atoms with Gasteiger partial charge in [0.2, 0.25) is 0 Å². The van der Waals surface area contributed by atoms with Gasteiger partial charge >= 0.3 is 0 Å². The van der Waals surface area contributed by atoms with Gasteiger partial charge in [0.05, 0.1) is 0 Å². The predicted octanol–water partition coefficient (Wildman–Crippen LogP) is 5.25. The van der Waals surface area contributed by atoms with Crippen LogP contribution in [0.1, 0.15) is 45.1 Å². The smallest absolute Gasteiger partial charge is 0.0345 e. The highest BCUT2D eigenvalue weighted by molar-refractivity contribution is 7.17. The van der Waals surface area contributed by atoms with E-state index in [4.69, 9.17) is 0 Å². The van der Waals surface area contributed by atoms with Crippen LogP contribution in [-0.4, -0.2) is 12.6 Å². The minimum Gasteiger partial charge on any atom is -0.314 e. The van der Waals surface area contributed by atoms with Crippen molar-refractivity contribution < 1.29 is 0 Å². The molecule has 1 N–H and O–H groups in total. The lowest BCUT2D eigenvalue weighted by atomic mass is 9.85. The zero-order valence-corrected chi connectivity index (χ0v) is 14.1. The van der Waals surface area contributed by atoms with E-state index < -0.39 is 0 Å². The second-order valence-corrected chi connectivity index (χ2v) is 7.74. The van der Waals surface area contributed by atoms with Crippen molar-refractivity contribution >= 4 is 21.4 Å². The topological polar surface area (TPSA) is 12.0 Å². The zero-order chi connectivity index (χ0) is 14.7. The van der Waals surface area contributed by atoms with E-state index in [1.54, 1.807) is 5.56 Å². The molecule has 0 saturated heterocycles. The quantitative estimate of drug-likeness (QED) is 0.768. The van der Waals surface area contributed by atoms with Crippen molar-refractivity contribution in [1.82, 2.24) is 5.32 Å². The zero-order valence-electron chi connectivity index (χ0n) is 13.3. The molecule has 3 rings (SSSR count). The minimum atomic E-state index is 0.591. The fourth-order valence-electron chi connectivity index (χ4n) is 3.69. The van der Waals surface area contributed by atoms with Crippen molar-refractivity contribution in [2.45, 2.75) is 52.0 Å². The summed E-state index contributed by atoms with van der Waals surface area (Å²) in [6.07, 6.45) is 6.99. The molecule has 1 aromatic heterocycles. The first kappa shape index (κ1) is 15.1. The lowest BCUT2D eigenvalue weighted by Gasteiger charge is -2.25. The molecule has 1 aliphatic carbocycles. The molecule has 0 aliphatic heterocycles. The molecule has 2 heteroatoms. The van der Waals surface area contributed by atoms with Crippen molar-refractivity contribution in [2.75, 3.05) is 6.54 Å². The fraction of sp³-hybridized carbons (Fsp3) is 0.579. The summed E-state index contributed by atoms with van der Waals surface area (Å²) in [6, 6.07) is 9.46. The fourth-order valence-corrected chi connectivity index (χ4v) is 4.67. The van der Waals surface area contributed by atoms with Crippen LogP contribution in [0.25, 0.3) is 10.1 Å². The summed E-state index contributed by atoms with van der Waals surface area (Å²) in [5.74, 6) is 1.72. The van der Waals surface area contributed by atoms with Gasteiger partial charge in [-0.2, -0.15) is 0 Å². The van der Waals surface area contributed by atoms with Crippen LogP contribution in [-0.2, 0) is 6.42 Å². The average Bonchev–Trinajstić information content (AvgIpc) is 3.13. The third-order valence-electron chi connectivity index (χ3n) is 4.90. The van der Waals surface area contributed by atoms with Gasteiger partial charge in [0.15, 0.2) is 0 Å². The van der Waals surface area contributed by atoms with Crippen LogP contribution in [0, 0.1) is 11.8 Å². The molecule has 1 saturated carbocycles. The summed E-state index contributed by atoms with van der Waals surface area (Å²) < 4.78 is 1.44. The number of hydrogen-bond donors (Lipinski definition) is 1. The number of rotatable bonds is 6. The Morgan fingerprint density at radius 2 is 1.95 bits per heavy atom. The second kappa shape index (κ2) is 6.93. The van der Waals surface area contributed by atoms with E-state index in [9.17, 15) is 0 Å². The van der Waals surface area contributed by atoms with E-state index in [0.29, 0.717) is 6.04 Å². The van der Waals surface area contributed by atoms with E-state index in [2.05, 4.69) is 48.8 Å². The molecule has 21 heavy (non-hydrogen) atoms. The molecule has 1 aromatic carbocycles. The summed E-state index contributed by atoms with van der Waals surface area (Å²) in [4.78, 5) is 0. The molecule has 1 nitrogen and oxygen atoms in total. The van der Waals surface area contributed by atoms with Gasteiger partial charge in [-0.05, 0) is 47.2 Å². The largest absolute Gasteiger partial charge is 0.314 e. The van der Waals surface area contributed by atoms with Crippen LogP contribution in [0.15, 0.2) is 29.6 Å². The highest BCUT2D eigenvalue weighted by Crippen LogP contribution is 2.35. The maximum Gasteiger partial charge on any atom is 0.0345 e. The summed E-state index contributed by atoms with van der Waals surface area (Å²) in [6.45, 7) is 5.68. The molecule has 0 bridgehead atoms. The molecule has 114 valence electrons. The molecule has 0 spiro atoms. The Labute approximate surface area is 132 Å². The van der Waals surface area contributed by atoms with Gasteiger partial charge in [-0.1, -0.05) is 57.7 Å². The second-order valence-electron chi connectivity index (χ2n) is 6.83. The Kier molecular flexibility index (Phi) is 4.97.